The van der Waals surface area contributed by atoms with Crippen molar-refractivity contribution in [1.29, 1.82) is 0 Å². The van der Waals surface area contributed by atoms with Gasteiger partial charge in [0, 0.05) is 44.0 Å². The Morgan fingerprint density at radius 2 is 2.07 bits per heavy atom. The molecule has 2 aromatic heterocycles. The van der Waals surface area contributed by atoms with Gasteiger partial charge in [-0.1, -0.05) is 6.07 Å². The second-order valence-electron chi connectivity index (χ2n) is 7.69. The van der Waals surface area contributed by atoms with E-state index in [1.54, 1.807) is 18.2 Å². The van der Waals surface area contributed by atoms with E-state index in [-0.39, 0.29) is 11.3 Å². The molecule has 2 aliphatic heterocycles. The summed E-state index contributed by atoms with van der Waals surface area (Å²) in [4.78, 5) is 7.27. The highest BCUT2D eigenvalue weighted by Crippen LogP contribution is 2.43. The monoisotopic (exact) mass is 395 g/mol. The maximum absolute atomic E-state index is 9.70. The molecule has 1 N–H and O–H groups in total. The normalized spacial score (nSPS) is 18.8. The van der Waals surface area contributed by atoms with Crippen LogP contribution in [0.25, 0.3) is 11.5 Å². The molecule has 8 nitrogen and oxygen atoms in total. The second kappa shape index (κ2) is 7.27. The average molecular weight is 395 g/mol. The Morgan fingerprint density at radius 1 is 1.21 bits per heavy atom. The van der Waals surface area contributed by atoms with Crippen LogP contribution in [0.1, 0.15) is 37.0 Å². The van der Waals surface area contributed by atoms with Gasteiger partial charge in [-0.3, -0.25) is 4.90 Å². The Balaban J connectivity index is 1.45. The highest BCUT2D eigenvalue weighted by molar-refractivity contribution is 5.55. The molecule has 0 saturated carbocycles. The number of aryl methyl sites for hydroxylation is 1. The zero-order chi connectivity index (χ0) is 19.8. The van der Waals surface area contributed by atoms with E-state index >= 15 is 0 Å². The van der Waals surface area contributed by atoms with Crippen molar-refractivity contribution in [3.8, 4) is 17.2 Å². The number of aromatic hydroxyl groups is 1. The van der Waals surface area contributed by atoms with Crippen molar-refractivity contribution in [3.05, 3.63) is 47.9 Å². The van der Waals surface area contributed by atoms with E-state index in [4.69, 9.17) is 14.1 Å². The van der Waals surface area contributed by atoms with Gasteiger partial charge in [0.2, 0.25) is 11.8 Å². The van der Waals surface area contributed by atoms with Gasteiger partial charge in [-0.2, -0.15) is 0 Å². The third-order valence-corrected chi connectivity index (χ3v) is 6.16. The van der Waals surface area contributed by atoms with Gasteiger partial charge in [-0.05, 0) is 38.0 Å². The van der Waals surface area contributed by atoms with Crippen molar-refractivity contribution in [3.63, 3.8) is 0 Å². The van der Waals surface area contributed by atoms with E-state index in [9.17, 15) is 5.11 Å². The predicted molar refractivity (Wildman–Crippen MR) is 105 cm³/mol. The number of fused-ring (bicyclic) bond motifs is 2. The van der Waals surface area contributed by atoms with Crippen molar-refractivity contribution >= 4 is 0 Å². The van der Waals surface area contributed by atoms with E-state index in [0.717, 1.165) is 45.6 Å². The number of hydrogen-bond donors (Lipinski definition) is 1. The van der Waals surface area contributed by atoms with Gasteiger partial charge < -0.3 is 18.8 Å². The number of rotatable bonds is 4. The van der Waals surface area contributed by atoms with Crippen LogP contribution in [-0.4, -0.2) is 49.5 Å². The zero-order valence-electron chi connectivity index (χ0n) is 16.5. The molecule has 1 fully saturated rings. The first-order chi connectivity index (χ1) is 14.2. The molecule has 8 heteroatoms. The number of benzene rings is 1. The fourth-order valence-corrected chi connectivity index (χ4v) is 4.66. The smallest absolute Gasteiger partial charge is 0.247 e. The molecule has 152 valence electrons. The lowest BCUT2D eigenvalue weighted by Gasteiger charge is -2.48. The summed E-state index contributed by atoms with van der Waals surface area (Å²) < 4.78 is 13.9. The SMILES string of the molecule is CCn1cnc2c1CCN(Cc1nnc(-c3cccc(O)c3)o1)C21CCOCC1. The molecule has 0 bridgehead atoms. The molecule has 1 spiro atoms. The second-order valence-corrected chi connectivity index (χ2v) is 7.69. The fraction of sp³-hybridized carbons (Fsp3) is 0.476. The quantitative estimate of drug-likeness (QED) is 0.726. The molecule has 4 heterocycles. The van der Waals surface area contributed by atoms with Gasteiger partial charge in [0.25, 0.3) is 0 Å². The van der Waals surface area contributed by atoms with Crippen LogP contribution in [0.5, 0.6) is 5.75 Å². The molecule has 29 heavy (non-hydrogen) atoms. The molecule has 2 aliphatic rings. The summed E-state index contributed by atoms with van der Waals surface area (Å²) in [6.45, 7) is 6.05. The van der Waals surface area contributed by atoms with E-state index in [1.807, 2.05) is 12.4 Å². The largest absolute Gasteiger partial charge is 0.508 e. The minimum Gasteiger partial charge on any atom is -0.508 e. The molecule has 1 saturated heterocycles. The summed E-state index contributed by atoms with van der Waals surface area (Å²) in [6, 6.07) is 6.86. The number of nitrogens with zero attached hydrogens (tertiary/aromatic N) is 5. The molecular weight excluding hydrogens is 370 g/mol. The highest BCUT2D eigenvalue weighted by Gasteiger charge is 2.46. The maximum Gasteiger partial charge on any atom is 0.247 e. The minimum atomic E-state index is -0.147. The Bertz CT molecular complexity index is 1010. The summed E-state index contributed by atoms with van der Waals surface area (Å²) in [5.41, 5.74) is 3.09. The number of aromatic nitrogens is 4. The molecule has 1 aromatic carbocycles. The Hall–Kier alpha value is -2.71. The average Bonchev–Trinajstić information content (AvgIpc) is 3.38. The van der Waals surface area contributed by atoms with Crippen LogP contribution in [0.2, 0.25) is 0 Å². The van der Waals surface area contributed by atoms with Crippen LogP contribution in [0.4, 0.5) is 0 Å². The minimum absolute atomic E-state index is 0.147. The van der Waals surface area contributed by atoms with Crippen LogP contribution in [0.15, 0.2) is 35.0 Å². The highest BCUT2D eigenvalue weighted by atomic mass is 16.5. The first-order valence-electron chi connectivity index (χ1n) is 10.2. The fourth-order valence-electron chi connectivity index (χ4n) is 4.66. The number of phenolic OH excluding ortho intramolecular Hbond substituents is 1. The lowest BCUT2D eigenvalue weighted by molar-refractivity contribution is -0.0483. The van der Waals surface area contributed by atoms with Crippen LogP contribution in [0.3, 0.4) is 0 Å². The number of imidazole rings is 1. The first kappa shape index (κ1) is 18.3. The summed E-state index contributed by atoms with van der Waals surface area (Å²) in [5.74, 6) is 1.18. The third kappa shape index (κ3) is 3.12. The summed E-state index contributed by atoms with van der Waals surface area (Å²) in [5, 5.41) is 18.2. The molecule has 3 aromatic rings. The summed E-state index contributed by atoms with van der Waals surface area (Å²) in [6.07, 6.45) is 4.75. The van der Waals surface area contributed by atoms with Gasteiger partial charge in [-0.25, -0.2) is 4.98 Å². The molecular formula is C21H25N5O3. The van der Waals surface area contributed by atoms with Gasteiger partial charge in [0.15, 0.2) is 0 Å². The van der Waals surface area contributed by atoms with Gasteiger partial charge in [-0.15, -0.1) is 10.2 Å². The lowest BCUT2D eigenvalue weighted by atomic mass is 9.80. The van der Waals surface area contributed by atoms with Crippen molar-refractivity contribution in [2.45, 2.75) is 44.8 Å². The van der Waals surface area contributed by atoms with Crippen molar-refractivity contribution in [1.82, 2.24) is 24.6 Å². The molecule has 0 amide bonds. The van der Waals surface area contributed by atoms with Crippen molar-refractivity contribution in [2.24, 2.45) is 0 Å². The van der Waals surface area contributed by atoms with Gasteiger partial charge in [0.1, 0.15) is 5.75 Å². The summed E-state index contributed by atoms with van der Waals surface area (Å²) in [7, 11) is 0. The zero-order valence-corrected chi connectivity index (χ0v) is 16.5. The van der Waals surface area contributed by atoms with Crippen LogP contribution in [-0.2, 0) is 29.8 Å². The van der Waals surface area contributed by atoms with E-state index in [2.05, 4.69) is 26.6 Å². The Kier molecular flexibility index (Phi) is 4.60. The third-order valence-electron chi connectivity index (χ3n) is 6.16. The van der Waals surface area contributed by atoms with E-state index in [0.29, 0.717) is 23.9 Å². The lowest BCUT2D eigenvalue weighted by Crippen LogP contribution is -2.53. The molecule has 0 unspecified atom stereocenters. The predicted octanol–water partition coefficient (Wildman–Crippen LogP) is 2.72. The van der Waals surface area contributed by atoms with Gasteiger partial charge >= 0.3 is 0 Å². The first-order valence-corrected chi connectivity index (χ1v) is 10.2. The number of hydrogen-bond acceptors (Lipinski definition) is 7. The number of phenols is 1. The van der Waals surface area contributed by atoms with Crippen LogP contribution in [0, 0.1) is 0 Å². The summed E-state index contributed by atoms with van der Waals surface area (Å²) >= 11 is 0. The maximum atomic E-state index is 9.70. The molecule has 5 rings (SSSR count). The topological polar surface area (TPSA) is 89.4 Å². The molecule has 0 radical (unpaired) electrons. The van der Waals surface area contributed by atoms with E-state index in [1.165, 1.54) is 11.4 Å². The van der Waals surface area contributed by atoms with E-state index < -0.39 is 0 Å². The Labute approximate surface area is 169 Å². The standard InChI is InChI=1S/C21H25N5O3/c1-2-25-14-22-19-17(25)6-9-26(21(19)7-10-28-11-8-21)13-18-23-24-20(29-18)15-4-3-5-16(27)12-15/h3-5,12,14,27H,2,6-11,13H2,1H3. The van der Waals surface area contributed by atoms with Crippen LogP contribution < -0.4 is 0 Å². The van der Waals surface area contributed by atoms with Crippen molar-refractivity contribution in [2.75, 3.05) is 19.8 Å². The van der Waals surface area contributed by atoms with Gasteiger partial charge in [0.05, 0.1) is 24.1 Å². The number of ether oxygens (including phenoxy) is 1. The molecule has 0 atom stereocenters. The van der Waals surface area contributed by atoms with Crippen molar-refractivity contribution < 1.29 is 14.3 Å². The molecule has 0 aliphatic carbocycles. The van der Waals surface area contributed by atoms with Crippen LogP contribution >= 0.6 is 0 Å². The Morgan fingerprint density at radius 3 is 2.86 bits per heavy atom.